The Morgan fingerprint density at radius 3 is 2.84 bits per heavy atom. The molecule has 2 atom stereocenters. The van der Waals surface area contributed by atoms with Gasteiger partial charge in [0, 0.05) is 12.6 Å². The highest BCUT2D eigenvalue weighted by atomic mass is 16.5. The van der Waals surface area contributed by atoms with Gasteiger partial charge in [0.15, 0.2) is 0 Å². The average Bonchev–Trinajstić information content (AvgIpc) is 2.95. The fourth-order valence-electron chi connectivity index (χ4n) is 2.49. The number of aromatic nitrogens is 2. The van der Waals surface area contributed by atoms with Crippen molar-refractivity contribution < 1.29 is 9.15 Å². The van der Waals surface area contributed by atoms with E-state index in [2.05, 4.69) is 34.7 Å². The molecule has 6 heteroatoms. The lowest BCUT2D eigenvalue weighted by atomic mass is 10.1. The van der Waals surface area contributed by atoms with Crippen LogP contribution in [0.15, 0.2) is 4.42 Å². The van der Waals surface area contributed by atoms with Crippen LogP contribution in [0.2, 0.25) is 0 Å². The monoisotopic (exact) mass is 266 g/mol. The molecule has 106 valence electrons. The van der Waals surface area contributed by atoms with E-state index in [1.54, 1.807) is 0 Å². The van der Waals surface area contributed by atoms with E-state index in [1.165, 1.54) is 12.8 Å². The summed E-state index contributed by atoms with van der Waals surface area (Å²) in [4.78, 5) is 0. The molecule has 0 amide bonds. The minimum absolute atomic E-state index is 0.318. The van der Waals surface area contributed by atoms with Gasteiger partial charge in [-0.15, -0.1) is 5.10 Å². The summed E-state index contributed by atoms with van der Waals surface area (Å²) in [5, 5.41) is 14.7. The predicted octanol–water partition coefficient (Wildman–Crippen LogP) is 1.55. The number of ether oxygens (including phenoxy) is 1. The lowest BCUT2D eigenvalue weighted by molar-refractivity contribution is 0.0895. The molecule has 2 heterocycles. The fraction of sp³-hybridized carbons (Fsp3) is 0.846. The highest BCUT2D eigenvalue weighted by Crippen LogP contribution is 2.39. The van der Waals surface area contributed by atoms with Crippen molar-refractivity contribution in [2.45, 2.75) is 57.8 Å². The summed E-state index contributed by atoms with van der Waals surface area (Å²) in [6.07, 6.45) is 3.92. The van der Waals surface area contributed by atoms with Crippen LogP contribution in [0.1, 0.15) is 39.0 Å². The number of nitrogens with one attached hydrogen (secondary N) is 2. The van der Waals surface area contributed by atoms with E-state index in [1.807, 2.05) is 0 Å². The first-order valence-electron chi connectivity index (χ1n) is 7.16. The molecule has 1 saturated heterocycles. The largest absolute Gasteiger partial charge is 0.407 e. The summed E-state index contributed by atoms with van der Waals surface area (Å²) in [5.41, 5.74) is 0. The van der Waals surface area contributed by atoms with Crippen molar-refractivity contribution in [1.29, 1.82) is 0 Å². The molecule has 1 aliphatic heterocycles. The van der Waals surface area contributed by atoms with Crippen molar-refractivity contribution >= 4 is 6.01 Å². The molecule has 19 heavy (non-hydrogen) atoms. The van der Waals surface area contributed by atoms with Gasteiger partial charge < -0.3 is 19.8 Å². The number of anilines is 1. The molecule has 2 fully saturated rings. The van der Waals surface area contributed by atoms with E-state index in [-0.39, 0.29) is 0 Å². The minimum Gasteiger partial charge on any atom is -0.407 e. The predicted molar refractivity (Wildman–Crippen MR) is 70.8 cm³/mol. The van der Waals surface area contributed by atoms with Crippen LogP contribution in [0.4, 0.5) is 6.01 Å². The average molecular weight is 266 g/mol. The Morgan fingerprint density at radius 2 is 2.11 bits per heavy atom. The molecule has 2 aliphatic rings. The van der Waals surface area contributed by atoms with Gasteiger partial charge in [-0.25, -0.2) is 0 Å². The summed E-state index contributed by atoms with van der Waals surface area (Å²) < 4.78 is 11.4. The third-order valence-electron chi connectivity index (χ3n) is 3.66. The normalized spacial score (nSPS) is 27.1. The van der Waals surface area contributed by atoms with Crippen molar-refractivity contribution in [2.24, 2.45) is 5.92 Å². The van der Waals surface area contributed by atoms with Crippen LogP contribution in [0.3, 0.4) is 0 Å². The first-order valence-corrected chi connectivity index (χ1v) is 7.16. The second-order valence-electron chi connectivity index (χ2n) is 5.75. The third kappa shape index (κ3) is 3.25. The topological polar surface area (TPSA) is 72.2 Å². The Labute approximate surface area is 113 Å². The Balaban J connectivity index is 1.54. The van der Waals surface area contributed by atoms with E-state index < -0.39 is 0 Å². The zero-order valence-electron chi connectivity index (χ0n) is 11.6. The maximum Gasteiger partial charge on any atom is 0.315 e. The molecule has 0 aromatic carbocycles. The van der Waals surface area contributed by atoms with Crippen LogP contribution in [0, 0.1) is 5.92 Å². The number of hydrogen-bond donors (Lipinski definition) is 2. The summed E-state index contributed by atoms with van der Waals surface area (Å²) in [6, 6.07) is 1.24. The van der Waals surface area contributed by atoms with E-state index in [0.717, 1.165) is 18.9 Å². The van der Waals surface area contributed by atoms with Gasteiger partial charge in [0.1, 0.15) is 0 Å². The van der Waals surface area contributed by atoms with Crippen LogP contribution in [-0.2, 0) is 11.3 Å². The van der Waals surface area contributed by atoms with Gasteiger partial charge in [-0.3, -0.25) is 0 Å². The molecule has 6 nitrogen and oxygen atoms in total. The van der Waals surface area contributed by atoms with Crippen molar-refractivity contribution in [2.75, 3.05) is 11.9 Å². The van der Waals surface area contributed by atoms with Gasteiger partial charge in [0.2, 0.25) is 5.89 Å². The maximum atomic E-state index is 5.78. The van der Waals surface area contributed by atoms with Crippen molar-refractivity contribution in [3.05, 3.63) is 5.89 Å². The quantitative estimate of drug-likeness (QED) is 0.814. The number of hydrogen-bond acceptors (Lipinski definition) is 6. The van der Waals surface area contributed by atoms with E-state index in [0.29, 0.717) is 36.6 Å². The zero-order valence-corrected chi connectivity index (χ0v) is 11.6. The first-order chi connectivity index (χ1) is 9.22. The molecule has 1 saturated carbocycles. The van der Waals surface area contributed by atoms with Crippen LogP contribution in [0.5, 0.6) is 0 Å². The van der Waals surface area contributed by atoms with Crippen LogP contribution >= 0.6 is 0 Å². The lowest BCUT2D eigenvalue weighted by Gasteiger charge is -2.17. The summed E-state index contributed by atoms with van der Waals surface area (Å²) >= 11 is 0. The van der Waals surface area contributed by atoms with Gasteiger partial charge in [0.05, 0.1) is 18.7 Å². The summed E-state index contributed by atoms with van der Waals surface area (Å²) in [5.74, 6) is 1.35. The minimum atomic E-state index is 0.318. The van der Waals surface area contributed by atoms with Gasteiger partial charge in [-0.2, -0.15) is 0 Å². The van der Waals surface area contributed by atoms with E-state index >= 15 is 0 Å². The second-order valence-corrected chi connectivity index (χ2v) is 5.75. The molecule has 2 N–H and O–H groups in total. The standard InChI is InChI=1S/C13H22N4O2/c1-8(2)14-7-11-16-17-13(19-11)15-10-5-6-18-12(10)9-3-4-9/h8-10,12,14H,3-7H2,1-2H3,(H,15,17). The van der Waals surface area contributed by atoms with Gasteiger partial charge in [-0.05, 0) is 25.2 Å². The van der Waals surface area contributed by atoms with Crippen molar-refractivity contribution in [1.82, 2.24) is 15.5 Å². The van der Waals surface area contributed by atoms with E-state index in [9.17, 15) is 0 Å². The van der Waals surface area contributed by atoms with Crippen LogP contribution < -0.4 is 10.6 Å². The number of nitrogens with zero attached hydrogens (tertiary/aromatic N) is 2. The highest BCUT2D eigenvalue weighted by molar-refractivity contribution is 5.22. The Kier molecular flexibility index (Phi) is 3.70. The first kappa shape index (κ1) is 12.9. The smallest absolute Gasteiger partial charge is 0.315 e. The molecular weight excluding hydrogens is 244 g/mol. The molecular formula is C13H22N4O2. The fourth-order valence-corrected chi connectivity index (χ4v) is 2.49. The van der Waals surface area contributed by atoms with Gasteiger partial charge in [-0.1, -0.05) is 18.9 Å². The summed E-state index contributed by atoms with van der Waals surface area (Å²) in [7, 11) is 0. The molecule has 3 rings (SSSR count). The highest BCUT2D eigenvalue weighted by Gasteiger charge is 2.41. The number of rotatable bonds is 6. The third-order valence-corrected chi connectivity index (χ3v) is 3.66. The van der Waals surface area contributed by atoms with Crippen LogP contribution in [0.25, 0.3) is 0 Å². The molecule has 2 unspecified atom stereocenters. The molecule has 1 aromatic rings. The van der Waals surface area contributed by atoms with Gasteiger partial charge >= 0.3 is 6.01 Å². The van der Waals surface area contributed by atoms with E-state index in [4.69, 9.17) is 9.15 Å². The molecule has 1 aromatic heterocycles. The van der Waals surface area contributed by atoms with Gasteiger partial charge in [0.25, 0.3) is 0 Å². The van der Waals surface area contributed by atoms with Crippen LogP contribution in [-0.4, -0.2) is 35.0 Å². The Bertz CT molecular complexity index is 417. The molecule has 1 aliphatic carbocycles. The summed E-state index contributed by atoms with van der Waals surface area (Å²) in [6.45, 7) is 5.62. The zero-order chi connectivity index (χ0) is 13.2. The molecule has 0 radical (unpaired) electrons. The second kappa shape index (κ2) is 5.46. The molecule has 0 spiro atoms. The van der Waals surface area contributed by atoms with Crippen molar-refractivity contribution in [3.8, 4) is 0 Å². The lowest BCUT2D eigenvalue weighted by Crippen LogP contribution is -2.31. The maximum absolute atomic E-state index is 5.78. The molecule has 0 bridgehead atoms. The van der Waals surface area contributed by atoms with Crippen molar-refractivity contribution in [3.63, 3.8) is 0 Å². The Morgan fingerprint density at radius 1 is 1.26 bits per heavy atom. The SMILES string of the molecule is CC(C)NCc1nnc(NC2CCOC2C2CC2)o1. The Hall–Kier alpha value is -1.14.